The number of aliphatic carboxylic acids is 1. The second-order valence-electron chi connectivity index (χ2n) is 5.10. The summed E-state index contributed by atoms with van der Waals surface area (Å²) in [5.41, 5.74) is 1.45. The Morgan fingerprint density at radius 3 is 2.48 bits per heavy atom. The van der Waals surface area contributed by atoms with Crippen molar-refractivity contribution in [2.45, 2.75) is 29.1 Å². The van der Waals surface area contributed by atoms with E-state index in [1.165, 1.54) is 7.11 Å². The van der Waals surface area contributed by atoms with E-state index in [2.05, 4.69) is 0 Å². The van der Waals surface area contributed by atoms with Crippen LogP contribution in [0.1, 0.15) is 24.0 Å². The van der Waals surface area contributed by atoms with E-state index in [1.807, 2.05) is 36.4 Å². The van der Waals surface area contributed by atoms with Gasteiger partial charge in [0.25, 0.3) is 0 Å². The van der Waals surface area contributed by atoms with Crippen molar-refractivity contribution < 1.29 is 19.4 Å². The van der Waals surface area contributed by atoms with Gasteiger partial charge in [-0.2, -0.15) is 0 Å². The molecule has 0 saturated heterocycles. The maximum Gasteiger partial charge on any atom is 0.310 e. The number of carboxylic acid groups (broad SMARTS) is 1. The van der Waals surface area contributed by atoms with E-state index in [9.17, 15) is 9.59 Å². The highest BCUT2D eigenvalue weighted by molar-refractivity contribution is 7.99. The molecule has 0 aliphatic carbocycles. The van der Waals surface area contributed by atoms with Gasteiger partial charge < -0.3 is 9.84 Å². The van der Waals surface area contributed by atoms with Crippen molar-refractivity contribution in [3.05, 3.63) is 59.7 Å². The molecule has 2 aromatic rings. The normalized spacial score (nSPS) is 11.7. The van der Waals surface area contributed by atoms with Crippen molar-refractivity contribution >= 4 is 23.7 Å². The lowest BCUT2D eigenvalue weighted by molar-refractivity contribution is -0.140. The monoisotopic (exact) mass is 330 g/mol. The Labute approximate surface area is 139 Å². The van der Waals surface area contributed by atoms with E-state index in [4.69, 9.17) is 9.84 Å². The van der Waals surface area contributed by atoms with Gasteiger partial charge in [0, 0.05) is 9.79 Å². The Balaban J connectivity index is 2.36. The summed E-state index contributed by atoms with van der Waals surface area (Å²) in [7, 11) is 1.34. The highest BCUT2D eigenvalue weighted by Gasteiger charge is 2.17. The number of esters is 1. The third-order valence-corrected chi connectivity index (χ3v) is 4.61. The van der Waals surface area contributed by atoms with E-state index < -0.39 is 11.9 Å². The highest BCUT2D eigenvalue weighted by Crippen LogP contribution is 2.32. The van der Waals surface area contributed by atoms with Crippen LogP contribution in [0.4, 0.5) is 0 Å². The minimum absolute atomic E-state index is 0.117. The largest absolute Gasteiger partial charge is 0.481 e. The predicted molar refractivity (Wildman–Crippen MR) is 88.8 cm³/mol. The number of hydrogen-bond acceptors (Lipinski definition) is 4. The molecule has 0 bridgehead atoms. The zero-order valence-electron chi connectivity index (χ0n) is 13.0. The average molecular weight is 330 g/mol. The van der Waals surface area contributed by atoms with Crippen LogP contribution in [0.15, 0.2) is 58.3 Å². The Morgan fingerprint density at radius 2 is 1.87 bits per heavy atom. The van der Waals surface area contributed by atoms with E-state index in [0.717, 1.165) is 15.4 Å². The van der Waals surface area contributed by atoms with Crippen molar-refractivity contribution in [3.63, 3.8) is 0 Å². The van der Waals surface area contributed by atoms with Crippen LogP contribution >= 0.6 is 11.8 Å². The molecule has 0 aliphatic rings. The second kappa shape index (κ2) is 7.83. The molecule has 2 aromatic carbocycles. The molecule has 5 heteroatoms. The smallest absolute Gasteiger partial charge is 0.310 e. The zero-order valence-corrected chi connectivity index (χ0v) is 13.8. The quantitative estimate of drug-likeness (QED) is 0.818. The number of carbonyl (C=O) groups is 2. The van der Waals surface area contributed by atoms with Gasteiger partial charge in [0.1, 0.15) is 0 Å². The van der Waals surface area contributed by atoms with Crippen molar-refractivity contribution in [2.75, 3.05) is 7.11 Å². The fourth-order valence-corrected chi connectivity index (χ4v) is 3.04. The summed E-state index contributed by atoms with van der Waals surface area (Å²) in [6, 6.07) is 15.3. The molecule has 0 amide bonds. The standard InChI is InChI=1S/C18H18O4S/c1-12(18(20)21)13-8-9-16(14(10-13)11-17(19)22-2)23-15-6-4-3-5-7-15/h3-10,12H,11H2,1-2H3,(H,20,21). The molecule has 2 rings (SSSR count). The lowest BCUT2D eigenvalue weighted by Crippen LogP contribution is -2.10. The van der Waals surface area contributed by atoms with Gasteiger partial charge >= 0.3 is 11.9 Å². The van der Waals surface area contributed by atoms with Gasteiger partial charge in [0.05, 0.1) is 19.4 Å². The lowest BCUT2D eigenvalue weighted by atomic mass is 9.98. The highest BCUT2D eigenvalue weighted by atomic mass is 32.2. The summed E-state index contributed by atoms with van der Waals surface area (Å²) in [4.78, 5) is 24.8. The molecule has 0 heterocycles. The number of methoxy groups -OCH3 is 1. The summed E-state index contributed by atoms with van der Waals surface area (Å²) < 4.78 is 4.74. The number of carbonyl (C=O) groups excluding carboxylic acids is 1. The first-order valence-electron chi connectivity index (χ1n) is 7.16. The molecule has 0 fully saturated rings. The van der Waals surface area contributed by atoms with Gasteiger partial charge in [-0.05, 0) is 36.2 Å². The molecule has 1 atom stereocenters. The Bertz CT molecular complexity index is 697. The van der Waals surface area contributed by atoms with Crippen LogP contribution in [-0.4, -0.2) is 24.2 Å². The topological polar surface area (TPSA) is 63.6 Å². The summed E-state index contributed by atoms with van der Waals surface area (Å²) in [6.07, 6.45) is 0.117. The molecule has 0 aliphatic heterocycles. The lowest BCUT2D eigenvalue weighted by Gasteiger charge is -2.13. The average Bonchev–Trinajstić information content (AvgIpc) is 2.56. The molecule has 23 heavy (non-hydrogen) atoms. The third kappa shape index (κ3) is 4.60. The third-order valence-electron chi connectivity index (χ3n) is 3.49. The van der Waals surface area contributed by atoms with Crippen LogP contribution in [0.25, 0.3) is 0 Å². The molecular weight excluding hydrogens is 312 g/mol. The first kappa shape index (κ1) is 17.1. The number of carboxylic acids is 1. The van der Waals surface area contributed by atoms with E-state index in [0.29, 0.717) is 5.56 Å². The molecule has 4 nitrogen and oxygen atoms in total. The summed E-state index contributed by atoms with van der Waals surface area (Å²) in [6.45, 7) is 1.63. The van der Waals surface area contributed by atoms with E-state index in [1.54, 1.807) is 30.8 Å². The molecule has 0 saturated carbocycles. The number of rotatable bonds is 6. The molecule has 0 radical (unpaired) electrons. The van der Waals surface area contributed by atoms with Crippen molar-refractivity contribution in [3.8, 4) is 0 Å². The van der Waals surface area contributed by atoms with Crippen LogP contribution in [0.3, 0.4) is 0 Å². The van der Waals surface area contributed by atoms with Gasteiger partial charge in [0.15, 0.2) is 0 Å². The SMILES string of the molecule is COC(=O)Cc1cc(C(C)C(=O)O)ccc1Sc1ccccc1. The molecule has 1 unspecified atom stereocenters. The molecular formula is C18H18O4S. The van der Waals surface area contributed by atoms with Gasteiger partial charge in [-0.25, -0.2) is 0 Å². The maximum atomic E-state index is 11.7. The van der Waals surface area contributed by atoms with Gasteiger partial charge in [0.2, 0.25) is 0 Å². The Morgan fingerprint density at radius 1 is 1.17 bits per heavy atom. The Kier molecular flexibility index (Phi) is 5.82. The zero-order chi connectivity index (χ0) is 16.8. The second-order valence-corrected chi connectivity index (χ2v) is 6.21. The van der Waals surface area contributed by atoms with E-state index in [-0.39, 0.29) is 12.4 Å². The fraction of sp³-hybridized carbons (Fsp3) is 0.222. The minimum atomic E-state index is -0.891. The van der Waals surface area contributed by atoms with Crippen LogP contribution in [0.2, 0.25) is 0 Å². The summed E-state index contributed by atoms with van der Waals surface area (Å²) in [5, 5.41) is 9.16. The first-order chi connectivity index (χ1) is 11.0. The maximum absolute atomic E-state index is 11.7. The summed E-state index contributed by atoms with van der Waals surface area (Å²) >= 11 is 1.54. The molecule has 120 valence electrons. The van der Waals surface area contributed by atoms with Crippen LogP contribution in [-0.2, 0) is 20.7 Å². The van der Waals surface area contributed by atoms with Crippen molar-refractivity contribution in [1.29, 1.82) is 0 Å². The van der Waals surface area contributed by atoms with Gasteiger partial charge in [-0.3, -0.25) is 9.59 Å². The van der Waals surface area contributed by atoms with Crippen molar-refractivity contribution in [1.82, 2.24) is 0 Å². The van der Waals surface area contributed by atoms with Crippen LogP contribution in [0.5, 0.6) is 0 Å². The number of benzene rings is 2. The molecule has 1 N–H and O–H groups in total. The summed E-state index contributed by atoms with van der Waals surface area (Å²) in [5.74, 6) is -1.86. The minimum Gasteiger partial charge on any atom is -0.481 e. The molecule has 0 spiro atoms. The van der Waals surface area contributed by atoms with Gasteiger partial charge in [-0.15, -0.1) is 0 Å². The predicted octanol–water partition coefficient (Wildman–Crippen LogP) is 3.74. The fourth-order valence-electron chi connectivity index (χ4n) is 2.09. The van der Waals surface area contributed by atoms with E-state index >= 15 is 0 Å². The van der Waals surface area contributed by atoms with Crippen molar-refractivity contribution in [2.24, 2.45) is 0 Å². The van der Waals surface area contributed by atoms with Crippen LogP contribution in [0, 0.1) is 0 Å². The molecule has 0 aromatic heterocycles. The number of hydrogen-bond donors (Lipinski definition) is 1. The first-order valence-corrected chi connectivity index (χ1v) is 7.98. The Hall–Kier alpha value is -2.27. The number of ether oxygens (including phenoxy) is 1. The van der Waals surface area contributed by atoms with Crippen LogP contribution < -0.4 is 0 Å². The van der Waals surface area contributed by atoms with Gasteiger partial charge in [-0.1, -0.05) is 42.1 Å².